The zero-order valence-electron chi connectivity index (χ0n) is 22.4. The molecule has 2 aromatic rings. The van der Waals surface area contributed by atoms with Gasteiger partial charge in [0.2, 0.25) is 5.75 Å². The van der Waals surface area contributed by atoms with Crippen molar-refractivity contribution in [3.63, 3.8) is 0 Å². The number of rotatable bonds is 17. The van der Waals surface area contributed by atoms with Gasteiger partial charge in [-0.05, 0) is 58.2 Å². The van der Waals surface area contributed by atoms with Crippen molar-refractivity contribution >= 4 is 11.0 Å². The lowest BCUT2D eigenvalue weighted by Crippen LogP contribution is -2.09. The molecule has 1 aromatic carbocycles. The molecule has 0 bridgehead atoms. The molecule has 5 nitrogen and oxygen atoms in total. The second-order valence-corrected chi connectivity index (χ2v) is 9.41. The molecule has 194 valence electrons. The summed E-state index contributed by atoms with van der Waals surface area (Å²) in [5, 5.41) is 0.710. The average Bonchev–Trinajstić information content (AvgIpc) is 2.82. The first-order valence-corrected chi connectivity index (χ1v) is 13.2. The Kier molecular flexibility index (Phi) is 13.1. The normalized spacial score (nSPS) is 11.5. The highest BCUT2D eigenvalue weighted by molar-refractivity contribution is 5.86. The summed E-state index contributed by atoms with van der Waals surface area (Å²) in [6, 6.07) is 5.48. The predicted octanol–water partition coefficient (Wildman–Crippen LogP) is 8.39. The number of hydrogen-bond donors (Lipinski definition) is 0. The Balaban J connectivity index is 1.97. The van der Waals surface area contributed by atoms with E-state index in [1.165, 1.54) is 56.8 Å². The molecule has 2 rings (SSSR count). The number of hydrogen-bond acceptors (Lipinski definition) is 5. The van der Waals surface area contributed by atoms with Gasteiger partial charge in [0.15, 0.2) is 5.75 Å². The minimum atomic E-state index is -0.543. The van der Waals surface area contributed by atoms with Gasteiger partial charge in [0.05, 0.1) is 19.1 Å². The highest BCUT2D eigenvalue weighted by atomic mass is 16.5. The maximum atomic E-state index is 12.5. The van der Waals surface area contributed by atoms with Crippen molar-refractivity contribution in [3.8, 4) is 17.2 Å². The van der Waals surface area contributed by atoms with Crippen molar-refractivity contribution in [2.75, 3.05) is 20.3 Å². The van der Waals surface area contributed by atoms with Crippen LogP contribution in [0.2, 0.25) is 0 Å². The summed E-state index contributed by atoms with van der Waals surface area (Å²) in [7, 11) is 1.46. The van der Waals surface area contributed by atoms with Crippen LogP contribution < -0.4 is 19.8 Å². The molecule has 35 heavy (non-hydrogen) atoms. The Bertz CT molecular complexity index is 1010. The third-order valence-electron chi connectivity index (χ3n) is 6.01. The van der Waals surface area contributed by atoms with Crippen LogP contribution in [0.25, 0.3) is 11.0 Å². The number of fused-ring (bicyclic) bond motifs is 1. The van der Waals surface area contributed by atoms with Gasteiger partial charge in [0.1, 0.15) is 17.9 Å². The Morgan fingerprint density at radius 1 is 0.914 bits per heavy atom. The monoisotopic (exact) mass is 484 g/mol. The third kappa shape index (κ3) is 10.2. The van der Waals surface area contributed by atoms with E-state index in [0.29, 0.717) is 35.7 Å². The fourth-order valence-corrected chi connectivity index (χ4v) is 3.93. The smallest absolute Gasteiger partial charge is 0.383 e. The van der Waals surface area contributed by atoms with E-state index in [9.17, 15) is 4.79 Å². The van der Waals surface area contributed by atoms with Crippen LogP contribution in [0, 0.1) is 0 Å². The second-order valence-electron chi connectivity index (χ2n) is 9.41. The number of allylic oxidation sites excluding steroid dienone is 3. The van der Waals surface area contributed by atoms with E-state index in [4.69, 9.17) is 18.6 Å². The van der Waals surface area contributed by atoms with Crippen molar-refractivity contribution in [3.05, 3.63) is 51.9 Å². The van der Waals surface area contributed by atoms with Gasteiger partial charge >= 0.3 is 5.63 Å². The molecule has 0 atom stereocenters. The SMILES string of the molecule is CCCCCCCCCCOc1c(OC)c(=O)oc2cc(OC/C=C(\C)CCC=C(C)C)ccc12. The van der Waals surface area contributed by atoms with Crippen molar-refractivity contribution in [2.24, 2.45) is 0 Å². The van der Waals surface area contributed by atoms with E-state index in [1.807, 2.05) is 12.1 Å². The van der Waals surface area contributed by atoms with Crippen LogP contribution in [0.15, 0.2) is 50.7 Å². The Labute approximate surface area is 211 Å². The Morgan fingerprint density at radius 2 is 1.63 bits per heavy atom. The summed E-state index contributed by atoms with van der Waals surface area (Å²) in [4.78, 5) is 12.5. The van der Waals surface area contributed by atoms with E-state index < -0.39 is 5.63 Å². The van der Waals surface area contributed by atoms with E-state index in [2.05, 4.69) is 39.8 Å². The lowest BCUT2D eigenvalue weighted by Gasteiger charge is -2.13. The molecule has 0 N–H and O–H groups in total. The fourth-order valence-electron chi connectivity index (χ4n) is 3.93. The van der Waals surface area contributed by atoms with E-state index in [0.717, 1.165) is 25.7 Å². The molecule has 5 heteroatoms. The lowest BCUT2D eigenvalue weighted by atomic mass is 10.1. The van der Waals surface area contributed by atoms with Crippen LogP contribution in [-0.4, -0.2) is 20.3 Å². The lowest BCUT2D eigenvalue weighted by molar-refractivity contribution is 0.280. The van der Waals surface area contributed by atoms with Crippen LogP contribution >= 0.6 is 0 Å². The fraction of sp³-hybridized carbons (Fsp3) is 0.567. The third-order valence-corrected chi connectivity index (χ3v) is 6.01. The summed E-state index contributed by atoms with van der Waals surface area (Å²) in [5.41, 5.74) is 2.52. The summed E-state index contributed by atoms with van der Waals surface area (Å²) in [6.07, 6.45) is 16.2. The summed E-state index contributed by atoms with van der Waals surface area (Å²) < 4.78 is 22.7. The first-order valence-electron chi connectivity index (χ1n) is 13.2. The average molecular weight is 485 g/mol. The van der Waals surface area contributed by atoms with E-state index in [1.54, 1.807) is 6.07 Å². The summed E-state index contributed by atoms with van der Waals surface area (Å²) in [5.74, 6) is 1.21. The van der Waals surface area contributed by atoms with Gasteiger partial charge in [-0.3, -0.25) is 0 Å². The van der Waals surface area contributed by atoms with E-state index >= 15 is 0 Å². The molecule has 0 amide bonds. The molecular formula is C30H44O5. The molecule has 0 spiro atoms. The molecule has 0 aliphatic rings. The van der Waals surface area contributed by atoms with Gasteiger partial charge in [0.25, 0.3) is 0 Å². The van der Waals surface area contributed by atoms with Gasteiger partial charge in [-0.1, -0.05) is 69.1 Å². The van der Waals surface area contributed by atoms with Crippen LogP contribution in [0.4, 0.5) is 0 Å². The quantitative estimate of drug-likeness (QED) is 0.128. The van der Waals surface area contributed by atoms with Crippen molar-refractivity contribution in [2.45, 2.75) is 91.9 Å². The van der Waals surface area contributed by atoms with E-state index in [-0.39, 0.29) is 5.75 Å². The summed E-state index contributed by atoms with van der Waals surface area (Å²) in [6.45, 7) is 9.59. The molecule has 0 aliphatic carbocycles. The van der Waals surface area contributed by atoms with Gasteiger partial charge in [-0.15, -0.1) is 0 Å². The first kappa shape index (κ1) is 28.5. The van der Waals surface area contributed by atoms with Crippen molar-refractivity contribution in [1.82, 2.24) is 0 Å². The predicted molar refractivity (Wildman–Crippen MR) is 145 cm³/mol. The molecule has 0 fully saturated rings. The van der Waals surface area contributed by atoms with Crippen LogP contribution in [0.1, 0.15) is 91.9 Å². The molecular weight excluding hydrogens is 440 g/mol. The molecule has 1 heterocycles. The number of unbranched alkanes of at least 4 members (excludes halogenated alkanes) is 7. The second kappa shape index (κ2) is 16.1. The van der Waals surface area contributed by atoms with Crippen molar-refractivity contribution < 1.29 is 18.6 Å². The topological polar surface area (TPSA) is 57.9 Å². The van der Waals surface area contributed by atoms with Crippen molar-refractivity contribution in [1.29, 1.82) is 0 Å². The zero-order valence-corrected chi connectivity index (χ0v) is 22.4. The molecule has 0 saturated heterocycles. The highest BCUT2D eigenvalue weighted by Crippen LogP contribution is 2.34. The maximum absolute atomic E-state index is 12.5. The first-order chi connectivity index (χ1) is 17.0. The standard InChI is InChI=1S/C30H44O5/c1-6-7-8-9-10-11-12-13-20-34-28-26-18-17-25(22-27(26)35-30(31)29(28)32-5)33-21-19-24(4)16-14-15-23(2)3/h15,17-19,22H,6-14,16,20-21H2,1-5H3/b24-19+. The summed E-state index contributed by atoms with van der Waals surface area (Å²) >= 11 is 0. The van der Waals surface area contributed by atoms with Gasteiger partial charge in [-0.25, -0.2) is 4.79 Å². The Hall–Kier alpha value is -2.69. The molecule has 0 unspecified atom stereocenters. The minimum Gasteiger partial charge on any atom is -0.489 e. The highest BCUT2D eigenvalue weighted by Gasteiger charge is 2.17. The minimum absolute atomic E-state index is 0.112. The molecule has 0 saturated carbocycles. The van der Waals surface area contributed by atoms with Gasteiger partial charge < -0.3 is 18.6 Å². The maximum Gasteiger partial charge on any atom is 0.383 e. The zero-order chi connectivity index (χ0) is 25.5. The number of methoxy groups -OCH3 is 1. The largest absolute Gasteiger partial charge is 0.489 e. The molecule has 1 aromatic heterocycles. The van der Waals surface area contributed by atoms with Crippen LogP contribution in [0.3, 0.4) is 0 Å². The number of benzene rings is 1. The van der Waals surface area contributed by atoms with Gasteiger partial charge in [-0.2, -0.15) is 0 Å². The van der Waals surface area contributed by atoms with Crippen LogP contribution in [-0.2, 0) is 0 Å². The number of ether oxygens (including phenoxy) is 3. The molecule has 0 radical (unpaired) electrons. The van der Waals surface area contributed by atoms with Crippen LogP contribution in [0.5, 0.6) is 17.2 Å². The Morgan fingerprint density at radius 3 is 2.31 bits per heavy atom. The molecule has 0 aliphatic heterocycles. The van der Waals surface area contributed by atoms with Gasteiger partial charge in [0, 0.05) is 6.07 Å².